The van der Waals surface area contributed by atoms with Crippen molar-refractivity contribution in [3.8, 4) is 0 Å². The minimum Gasteiger partial charge on any atom is -0.351 e. The lowest BCUT2D eigenvalue weighted by atomic mass is 9.93. The molecule has 2 N–H and O–H groups in total. The highest BCUT2D eigenvalue weighted by Crippen LogP contribution is 2.15. The maximum Gasteiger partial charge on any atom is 0.224 e. The van der Waals surface area contributed by atoms with E-state index in [-0.39, 0.29) is 22.9 Å². The van der Waals surface area contributed by atoms with Crippen molar-refractivity contribution in [1.82, 2.24) is 15.6 Å². The Hall–Kier alpha value is -2.69. The van der Waals surface area contributed by atoms with Crippen molar-refractivity contribution < 1.29 is 9.59 Å². The fraction of sp³-hybridized carbons (Fsp3) is 0.435. The molecule has 0 saturated heterocycles. The lowest BCUT2D eigenvalue weighted by Gasteiger charge is -2.26. The molecule has 0 bridgehead atoms. The third kappa shape index (κ3) is 7.91. The van der Waals surface area contributed by atoms with Crippen LogP contribution in [0.5, 0.6) is 0 Å². The third-order valence-electron chi connectivity index (χ3n) is 4.14. The van der Waals surface area contributed by atoms with Gasteiger partial charge in [-0.05, 0) is 69.9 Å². The summed E-state index contributed by atoms with van der Waals surface area (Å²) in [6.07, 6.45) is 4.80. The van der Waals surface area contributed by atoms with Gasteiger partial charge in [0.25, 0.3) is 0 Å². The van der Waals surface area contributed by atoms with Gasteiger partial charge in [0.1, 0.15) is 0 Å². The molecule has 2 rings (SSSR count). The highest BCUT2D eigenvalue weighted by atomic mass is 16.2. The summed E-state index contributed by atoms with van der Waals surface area (Å²) in [6.45, 7) is 9.95. The first kappa shape index (κ1) is 21.6. The molecule has 0 atom stereocenters. The van der Waals surface area contributed by atoms with Crippen LogP contribution in [0, 0.1) is 0 Å². The smallest absolute Gasteiger partial charge is 0.224 e. The Morgan fingerprint density at radius 2 is 1.21 bits per heavy atom. The van der Waals surface area contributed by atoms with E-state index < -0.39 is 0 Å². The van der Waals surface area contributed by atoms with Gasteiger partial charge in [0.2, 0.25) is 11.8 Å². The van der Waals surface area contributed by atoms with E-state index in [4.69, 9.17) is 0 Å². The molecular formula is C23H31N3O2. The van der Waals surface area contributed by atoms with Crippen LogP contribution in [0.2, 0.25) is 0 Å². The van der Waals surface area contributed by atoms with Gasteiger partial charge in [-0.2, -0.15) is 0 Å². The summed E-state index contributed by atoms with van der Waals surface area (Å²) in [5.74, 6) is 0.00984. The molecule has 0 saturated carbocycles. The van der Waals surface area contributed by atoms with Gasteiger partial charge in [-0.25, -0.2) is 0 Å². The van der Waals surface area contributed by atoms with Gasteiger partial charge in [-0.15, -0.1) is 0 Å². The van der Waals surface area contributed by atoms with E-state index >= 15 is 0 Å². The Bertz CT molecular complexity index is 791. The maximum absolute atomic E-state index is 12.3. The summed E-state index contributed by atoms with van der Waals surface area (Å²) in [6, 6.07) is 11.7. The van der Waals surface area contributed by atoms with Crippen molar-refractivity contribution in [2.75, 3.05) is 0 Å². The molecule has 0 fully saturated rings. The first-order valence-corrected chi connectivity index (χ1v) is 9.61. The molecule has 0 unspecified atom stereocenters. The summed E-state index contributed by atoms with van der Waals surface area (Å²) < 4.78 is 0. The SMILES string of the molecule is CC(C)(C)NC(=O)Cc1ccc(CC(C)(C)NC(=O)Cc2ccncc2)cc1. The Balaban J connectivity index is 1.89. The fourth-order valence-corrected chi connectivity index (χ4v) is 3.08. The zero-order valence-corrected chi connectivity index (χ0v) is 17.5. The largest absolute Gasteiger partial charge is 0.351 e. The van der Waals surface area contributed by atoms with Gasteiger partial charge in [-0.3, -0.25) is 14.6 Å². The van der Waals surface area contributed by atoms with Crippen LogP contribution in [0.25, 0.3) is 0 Å². The maximum atomic E-state index is 12.3. The quantitative estimate of drug-likeness (QED) is 0.774. The standard InChI is InChI=1S/C23H31N3O2/c1-22(2,3)25-20(27)14-17-6-8-19(9-7-17)16-23(4,5)26-21(28)15-18-10-12-24-13-11-18/h6-13H,14-16H2,1-5H3,(H,25,27)(H,26,28). The van der Waals surface area contributed by atoms with E-state index in [1.54, 1.807) is 12.4 Å². The van der Waals surface area contributed by atoms with Crippen LogP contribution in [0.3, 0.4) is 0 Å². The van der Waals surface area contributed by atoms with Crippen LogP contribution in [0.15, 0.2) is 48.8 Å². The summed E-state index contributed by atoms with van der Waals surface area (Å²) in [4.78, 5) is 28.4. The average molecular weight is 382 g/mol. The van der Waals surface area contributed by atoms with Gasteiger partial charge in [-0.1, -0.05) is 24.3 Å². The van der Waals surface area contributed by atoms with Crippen molar-refractivity contribution in [2.24, 2.45) is 0 Å². The Kier molecular flexibility index (Phi) is 6.95. The summed E-state index contributed by atoms with van der Waals surface area (Å²) >= 11 is 0. The van der Waals surface area contributed by atoms with Crippen molar-refractivity contribution in [2.45, 2.75) is 65.0 Å². The van der Waals surface area contributed by atoms with E-state index in [1.165, 1.54) is 0 Å². The molecular weight excluding hydrogens is 350 g/mol. The predicted molar refractivity (Wildman–Crippen MR) is 112 cm³/mol. The highest BCUT2D eigenvalue weighted by molar-refractivity contribution is 5.79. The minimum absolute atomic E-state index is 0.00771. The van der Waals surface area contributed by atoms with Gasteiger partial charge < -0.3 is 10.6 Å². The number of carbonyl (C=O) groups is 2. The van der Waals surface area contributed by atoms with Crippen molar-refractivity contribution in [3.05, 3.63) is 65.5 Å². The topological polar surface area (TPSA) is 71.1 Å². The van der Waals surface area contributed by atoms with E-state index in [0.29, 0.717) is 19.3 Å². The summed E-state index contributed by atoms with van der Waals surface area (Å²) in [5.41, 5.74) is 2.45. The molecule has 5 heteroatoms. The molecule has 150 valence electrons. The summed E-state index contributed by atoms with van der Waals surface area (Å²) in [5, 5.41) is 6.07. The number of carbonyl (C=O) groups excluding carboxylic acids is 2. The molecule has 0 aliphatic rings. The molecule has 0 aliphatic carbocycles. The first-order chi connectivity index (χ1) is 13.0. The van der Waals surface area contributed by atoms with Crippen LogP contribution < -0.4 is 10.6 Å². The second-order valence-electron chi connectivity index (χ2n) is 8.93. The first-order valence-electron chi connectivity index (χ1n) is 9.61. The van der Waals surface area contributed by atoms with Crippen molar-refractivity contribution in [3.63, 3.8) is 0 Å². The van der Waals surface area contributed by atoms with E-state index in [9.17, 15) is 9.59 Å². The number of hydrogen-bond donors (Lipinski definition) is 2. The second kappa shape index (κ2) is 9.00. The Morgan fingerprint density at radius 3 is 1.75 bits per heavy atom. The molecule has 1 heterocycles. The lowest BCUT2D eigenvalue weighted by molar-refractivity contribution is -0.122. The van der Waals surface area contributed by atoms with Crippen LogP contribution in [0.1, 0.15) is 51.3 Å². The van der Waals surface area contributed by atoms with Crippen LogP contribution in [0.4, 0.5) is 0 Å². The van der Waals surface area contributed by atoms with Gasteiger partial charge in [0, 0.05) is 23.5 Å². The number of benzene rings is 1. The fourth-order valence-electron chi connectivity index (χ4n) is 3.08. The molecule has 0 aliphatic heterocycles. The van der Waals surface area contributed by atoms with Gasteiger partial charge in [0.05, 0.1) is 12.8 Å². The molecule has 28 heavy (non-hydrogen) atoms. The molecule has 0 radical (unpaired) electrons. The third-order valence-corrected chi connectivity index (χ3v) is 4.14. The molecule has 1 aromatic carbocycles. The van der Waals surface area contributed by atoms with Gasteiger partial charge in [0.15, 0.2) is 0 Å². The van der Waals surface area contributed by atoms with Crippen LogP contribution >= 0.6 is 0 Å². The number of pyridine rings is 1. The number of aromatic nitrogens is 1. The molecule has 2 amide bonds. The predicted octanol–water partition coefficient (Wildman–Crippen LogP) is 3.22. The summed E-state index contributed by atoms with van der Waals surface area (Å²) in [7, 11) is 0. The molecule has 0 spiro atoms. The Morgan fingerprint density at radius 1 is 0.750 bits per heavy atom. The van der Waals surface area contributed by atoms with Crippen molar-refractivity contribution >= 4 is 11.8 Å². The van der Waals surface area contributed by atoms with E-state index in [0.717, 1.165) is 16.7 Å². The monoisotopic (exact) mass is 381 g/mol. The zero-order valence-electron chi connectivity index (χ0n) is 17.5. The molecule has 2 aromatic rings. The second-order valence-corrected chi connectivity index (χ2v) is 8.93. The highest BCUT2D eigenvalue weighted by Gasteiger charge is 2.21. The van der Waals surface area contributed by atoms with E-state index in [2.05, 4.69) is 15.6 Å². The normalized spacial score (nSPS) is 11.8. The average Bonchev–Trinajstić information content (AvgIpc) is 2.55. The van der Waals surface area contributed by atoms with Gasteiger partial charge >= 0.3 is 0 Å². The Labute approximate surface area is 168 Å². The lowest BCUT2D eigenvalue weighted by Crippen LogP contribution is -2.45. The number of rotatable bonds is 7. The van der Waals surface area contributed by atoms with Crippen LogP contribution in [-0.4, -0.2) is 27.9 Å². The van der Waals surface area contributed by atoms with Crippen LogP contribution in [-0.2, 0) is 28.9 Å². The number of nitrogens with zero attached hydrogens (tertiary/aromatic N) is 1. The number of nitrogens with one attached hydrogen (secondary N) is 2. The molecule has 5 nitrogen and oxygen atoms in total. The number of hydrogen-bond acceptors (Lipinski definition) is 3. The van der Waals surface area contributed by atoms with Crippen molar-refractivity contribution in [1.29, 1.82) is 0 Å². The van der Waals surface area contributed by atoms with E-state index in [1.807, 2.05) is 71.0 Å². The zero-order chi connectivity index (χ0) is 20.8. The molecule has 1 aromatic heterocycles. The number of amides is 2. The minimum atomic E-state index is -0.366.